The molecule has 1 atom stereocenters. The largest absolute Gasteiger partial charge is 0.469 e. The molecule has 0 fully saturated rings. The van der Waals surface area contributed by atoms with Crippen LogP contribution in [0.25, 0.3) is 0 Å². The fourth-order valence-electron chi connectivity index (χ4n) is 0.975. The zero-order valence-electron chi connectivity index (χ0n) is 9.01. The first-order valence-corrected chi connectivity index (χ1v) is 5.58. The second-order valence-corrected chi connectivity index (χ2v) is 4.52. The standard InChI is InChI=1S/C8H14N4O2S/c1-6(4-8(13)14-3)15-5-7-9-11-12(2)10-7/h6H,4-5H2,1-3H3. The molecule has 15 heavy (non-hydrogen) atoms. The van der Waals surface area contributed by atoms with Crippen LogP contribution in [0.4, 0.5) is 0 Å². The van der Waals surface area contributed by atoms with Gasteiger partial charge in [0.25, 0.3) is 0 Å². The molecule has 1 rings (SSSR count). The third kappa shape index (κ3) is 4.28. The summed E-state index contributed by atoms with van der Waals surface area (Å²) < 4.78 is 4.58. The fraction of sp³-hybridized carbons (Fsp3) is 0.750. The molecule has 0 saturated heterocycles. The van der Waals surface area contributed by atoms with Crippen molar-refractivity contribution in [1.82, 2.24) is 20.2 Å². The van der Waals surface area contributed by atoms with E-state index in [1.165, 1.54) is 11.9 Å². The molecule has 0 bridgehead atoms. The number of thioether (sulfide) groups is 1. The van der Waals surface area contributed by atoms with Crippen LogP contribution in [0, 0.1) is 0 Å². The van der Waals surface area contributed by atoms with E-state index in [0.29, 0.717) is 18.0 Å². The molecule has 1 unspecified atom stereocenters. The van der Waals surface area contributed by atoms with Crippen LogP contribution in [-0.4, -0.2) is 38.5 Å². The van der Waals surface area contributed by atoms with E-state index in [-0.39, 0.29) is 11.2 Å². The molecule has 0 aliphatic carbocycles. The monoisotopic (exact) mass is 230 g/mol. The Kier molecular flexibility index (Phi) is 4.54. The number of hydrogen-bond acceptors (Lipinski definition) is 6. The minimum absolute atomic E-state index is 0.192. The van der Waals surface area contributed by atoms with E-state index >= 15 is 0 Å². The second kappa shape index (κ2) is 5.69. The minimum Gasteiger partial charge on any atom is -0.469 e. The average molecular weight is 230 g/mol. The predicted octanol–water partition coefficient (Wildman–Crippen LogP) is 0.395. The van der Waals surface area contributed by atoms with Gasteiger partial charge in [-0.2, -0.15) is 4.80 Å². The molecule has 0 aliphatic heterocycles. The van der Waals surface area contributed by atoms with Gasteiger partial charge in [0.2, 0.25) is 0 Å². The Labute approximate surface area is 92.4 Å². The summed E-state index contributed by atoms with van der Waals surface area (Å²) in [6.07, 6.45) is 0.404. The zero-order valence-corrected chi connectivity index (χ0v) is 9.82. The highest BCUT2D eigenvalue weighted by atomic mass is 32.2. The number of aryl methyl sites for hydroxylation is 1. The molecule has 0 spiro atoms. The molecule has 0 saturated carbocycles. The lowest BCUT2D eigenvalue weighted by Crippen LogP contribution is -2.08. The first kappa shape index (κ1) is 12.0. The summed E-state index contributed by atoms with van der Waals surface area (Å²) in [6.45, 7) is 1.97. The Morgan fingerprint density at radius 1 is 1.67 bits per heavy atom. The highest BCUT2D eigenvalue weighted by Crippen LogP contribution is 2.17. The molecule has 7 heteroatoms. The van der Waals surface area contributed by atoms with Crippen molar-refractivity contribution in [1.29, 1.82) is 0 Å². The van der Waals surface area contributed by atoms with E-state index < -0.39 is 0 Å². The zero-order chi connectivity index (χ0) is 11.3. The van der Waals surface area contributed by atoms with Crippen LogP contribution in [0.5, 0.6) is 0 Å². The first-order valence-electron chi connectivity index (χ1n) is 4.53. The van der Waals surface area contributed by atoms with Gasteiger partial charge in [0, 0.05) is 5.25 Å². The average Bonchev–Trinajstić information content (AvgIpc) is 2.61. The van der Waals surface area contributed by atoms with E-state index in [0.717, 1.165) is 0 Å². The number of nitrogens with zero attached hydrogens (tertiary/aromatic N) is 4. The van der Waals surface area contributed by atoms with Crippen molar-refractivity contribution >= 4 is 17.7 Å². The summed E-state index contributed by atoms with van der Waals surface area (Å²) in [5, 5.41) is 11.8. The van der Waals surface area contributed by atoms with Gasteiger partial charge in [-0.15, -0.1) is 22.0 Å². The van der Waals surface area contributed by atoms with Gasteiger partial charge in [-0.1, -0.05) is 6.92 Å². The molecule has 1 aromatic rings. The van der Waals surface area contributed by atoms with E-state index in [1.807, 2.05) is 6.92 Å². The molecular formula is C8H14N4O2S. The number of methoxy groups -OCH3 is 1. The quantitative estimate of drug-likeness (QED) is 0.682. The number of hydrogen-bond donors (Lipinski definition) is 0. The van der Waals surface area contributed by atoms with Crippen LogP contribution >= 0.6 is 11.8 Å². The molecule has 0 N–H and O–H groups in total. The van der Waals surface area contributed by atoms with Gasteiger partial charge >= 0.3 is 5.97 Å². The predicted molar refractivity (Wildman–Crippen MR) is 56.2 cm³/mol. The van der Waals surface area contributed by atoms with Crippen molar-refractivity contribution in [2.75, 3.05) is 7.11 Å². The van der Waals surface area contributed by atoms with Gasteiger partial charge in [-0.05, 0) is 5.21 Å². The summed E-state index contributed by atoms with van der Waals surface area (Å²) in [5.41, 5.74) is 0. The fourth-order valence-corrected chi connectivity index (χ4v) is 1.78. The SMILES string of the molecule is COC(=O)CC(C)SCc1nnn(C)n1. The van der Waals surface area contributed by atoms with Gasteiger partial charge in [0.15, 0.2) is 5.82 Å². The highest BCUT2D eigenvalue weighted by molar-refractivity contribution is 7.99. The lowest BCUT2D eigenvalue weighted by atomic mass is 10.3. The van der Waals surface area contributed by atoms with Crippen molar-refractivity contribution < 1.29 is 9.53 Å². The van der Waals surface area contributed by atoms with Crippen LogP contribution in [0.1, 0.15) is 19.2 Å². The Bertz CT molecular complexity index is 328. The van der Waals surface area contributed by atoms with Crippen LogP contribution < -0.4 is 0 Å². The third-order valence-electron chi connectivity index (χ3n) is 1.73. The number of rotatable bonds is 5. The van der Waals surface area contributed by atoms with Gasteiger partial charge in [-0.3, -0.25) is 4.79 Å². The van der Waals surface area contributed by atoms with Gasteiger partial charge in [0.05, 0.1) is 26.3 Å². The topological polar surface area (TPSA) is 69.9 Å². The smallest absolute Gasteiger partial charge is 0.306 e. The van der Waals surface area contributed by atoms with Gasteiger partial charge < -0.3 is 4.74 Å². The Balaban J connectivity index is 2.28. The maximum atomic E-state index is 11.0. The van der Waals surface area contributed by atoms with E-state index in [2.05, 4.69) is 20.1 Å². The Hall–Kier alpha value is -1.11. The molecule has 1 heterocycles. The van der Waals surface area contributed by atoms with Gasteiger partial charge in [-0.25, -0.2) is 0 Å². The van der Waals surface area contributed by atoms with Crippen LogP contribution in [-0.2, 0) is 22.3 Å². The number of aromatic nitrogens is 4. The summed E-state index contributed by atoms with van der Waals surface area (Å²) in [6, 6.07) is 0. The van der Waals surface area contributed by atoms with Crippen LogP contribution in [0.3, 0.4) is 0 Å². The summed E-state index contributed by atoms with van der Waals surface area (Å²) in [5.74, 6) is 1.15. The number of tetrazole rings is 1. The number of ether oxygens (including phenoxy) is 1. The maximum Gasteiger partial charge on any atom is 0.306 e. The Morgan fingerprint density at radius 2 is 2.40 bits per heavy atom. The molecule has 1 aromatic heterocycles. The molecule has 0 aliphatic rings. The first-order chi connectivity index (χ1) is 7.11. The van der Waals surface area contributed by atoms with Crippen molar-refractivity contribution in [2.24, 2.45) is 7.05 Å². The summed E-state index contributed by atoms with van der Waals surface area (Å²) in [4.78, 5) is 12.4. The lowest BCUT2D eigenvalue weighted by Gasteiger charge is -2.07. The second-order valence-electron chi connectivity index (χ2n) is 3.10. The lowest BCUT2D eigenvalue weighted by molar-refractivity contribution is -0.140. The molecule has 0 aromatic carbocycles. The molecular weight excluding hydrogens is 216 g/mol. The highest BCUT2D eigenvalue weighted by Gasteiger charge is 2.11. The third-order valence-corrected chi connectivity index (χ3v) is 2.89. The molecule has 84 valence electrons. The van der Waals surface area contributed by atoms with E-state index in [9.17, 15) is 4.79 Å². The maximum absolute atomic E-state index is 11.0. The minimum atomic E-state index is -0.192. The summed E-state index contributed by atoms with van der Waals surface area (Å²) >= 11 is 1.61. The van der Waals surface area contributed by atoms with Crippen molar-refractivity contribution in [3.05, 3.63) is 5.82 Å². The number of carbonyl (C=O) groups is 1. The summed E-state index contributed by atoms with van der Waals surface area (Å²) in [7, 11) is 3.11. The van der Waals surface area contributed by atoms with Crippen molar-refractivity contribution in [3.8, 4) is 0 Å². The Morgan fingerprint density at radius 3 is 2.93 bits per heavy atom. The number of carbonyl (C=O) groups excluding carboxylic acids is 1. The molecule has 6 nitrogen and oxygen atoms in total. The number of esters is 1. The van der Waals surface area contributed by atoms with E-state index in [4.69, 9.17) is 0 Å². The normalized spacial score (nSPS) is 12.5. The van der Waals surface area contributed by atoms with Crippen molar-refractivity contribution in [3.63, 3.8) is 0 Å². The van der Waals surface area contributed by atoms with Gasteiger partial charge in [0.1, 0.15) is 0 Å². The van der Waals surface area contributed by atoms with Crippen molar-refractivity contribution in [2.45, 2.75) is 24.3 Å². The molecule has 0 radical (unpaired) electrons. The van der Waals surface area contributed by atoms with Crippen LogP contribution in [0.2, 0.25) is 0 Å². The molecule has 0 amide bonds. The van der Waals surface area contributed by atoms with Crippen LogP contribution in [0.15, 0.2) is 0 Å². The van der Waals surface area contributed by atoms with E-state index in [1.54, 1.807) is 18.8 Å².